The highest BCUT2D eigenvalue weighted by Crippen LogP contribution is 2.29. The second-order valence-electron chi connectivity index (χ2n) is 6.34. The molecule has 0 saturated heterocycles. The molecule has 0 atom stereocenters. The fraction of sp³-hybridized carbons (Fsp3) is 0.588. The van der Waals surface area contributed by atoms with E-state index in [1.165, 1.54) is 49.0 Å². The predicted octanol–water partition coefficient (Wildman–Crippen LogP) is 4.61. The summed E-state index contributed by atoms with van der Waals surface area (Å²) in [4.78, 5) is 21.0. The molecule has 0 aliphatic heterocycles. The molecule has 3 rings (SSSR count). The average Bonchev–Trinajstić information content (AvgIpc) is 2.89. The molecule has 1 fully saturated rings. The third-order valence-corrected chi connectivity index (χ3v) is 5.52. The molecule has 0 aromatic carbocycles. The van der Waals surface area contributed by atoms with Crippen LogP contribution in [0.2, 0.25) is 0 Å². The molecule has 0 unspecified atom stereocenters. The highest BCUT2D eigenvalue weighted by molar-refractivity contribution is 7.22. The number of rotatable bonds is 4. The maximum absolute atomic E-state index is 12.1. The van der Waals surface area contributed by atoms with Crippen LogP contribution in [0.25, 0.3) is 10.3 Å². The Morgan fingerprint density at radius 2 is 2.05 bits per heavy atom. The topological polar surface area (TPSA) is 54.9 Å². The van der Waals surface area contributed by atoms with Gasteiger partial charge in [0.25, 0.3) is 0 Å². The molecule has 1 N–H and O–H groups in total. The molecule has 5 heteroatoms. The highest BCUT2D eigenvalue weighted by atomic mass is 32.1. The Morgan fingerprint density at radius 3 is 2.82 bits per heavy atom. The Bertz CT molecular complexity index is 674. The van der Waals surface area contributed by atoms with E-state index in [4.69, 9.17) is 0 Å². The summed E-state index contributed by atoms with van der Waals surface area (Å²) in [6.45, 7) is 4.03. The second kappa shape index (κ2) is 6.73. The molecule has 1 saturated carbocycles. The van der Waals surface area contributed by atoms with Gasteiger partial charge in [-0.1, -0.05) is 43.4 Å². The number of thiazole rings is 1. The summed E-state index contributed by atoms with van der Waals surface area (Å²) in [5, 5.41) is 3.62. The van der Waals surface area contributed by atoms with E-state index in [0.29, 0.717) is 11.6 Å². The van der Waals surface area contributed by atoms with Crippen molar-refractivity contribution < 1.29 is 4.79 Å². The molecular weight excluding hydrogens is 294 g/mol. The molecular formula is C17H23N3OS. The minimum Gasteiger partial charge on any atom is -0.302 e. The van der Waals surface area contributed by atoms with Gasteiger partial charge in [0.05, 0.1) is 4.70 Å². The minimum absolute atomic E-state index is 0.0824. The van der Waals surface area contributed by atoms with Crippen molar-refractivity contribution >= 4 is 32.7 Å². The van der Waals surface area contributed by atoms with E-state index in [-0.39, 0.29) is 5.91 Å². The van der Waals surface area contributed by atoms with E-state index in [1.807, 2.05) is 6.92 Å². The van der Waals surface area contributed by atoms with Gasteiger partial charge in [0.1, 0.15) is 0 Å². The molecule has 1 aliphatic rings. The monoisotopic (exact) mass is 317 g/mol. The first-order chi connectivity index (χ1) is 10.6. The van der Waals surface area contributed by atoms with E-state index in [1.54, 1.807) is 0 Å². The molecule has 22 heavy (non-hydrogen) atoms. The summed E-state index contributed by atoms with van der Waals surface area (Å²) < 4.78 is 1.06. The zero-order valence-electron chi connectivity index (χ0n) is 13.3. The van der Waals surface area contributed by atoms with Gasteiger partial charge >= 0.3 is 0 Å². The van der Waals surface area contributed by atoms with E-state index < -0.39 is 0 Å². The van der Waals surface area contributed by atoms with E-state index in [9.17, 15) is 4.79 Å². The van der Waals surface area contributed by atoms with Crippen molar-refractivity contribution in [3.63, 3.8) is 0 Å². The summed E-state index contributed by atoms with van der Waals surface area (Å²) in [6.07, 6.45) is 8.20. The van der Waals surface area contributed by atoms with Crippen molar-refractivity contribution in [3.05, 3.63) is 17.3 Å². The molecule has 2 aromatic heterocycles. The van der Waals surface area contributed by atoms with Crippen LogP contribution in [0.3, 0.4) is 0 Å². The largest absolute Gasteiger partial charge is 0.302 e. The number of anilines is 1. The number of amides is 1. The number of carbonyl (C=O) groups is 1. The SMILES string of the molecule is Cc1cc(C)c2sc(NC(=O)CCC3CCCCC3)nc2n1. The standard InChI is InChI=1S/C17H23N3OS/c1-11-10-12(2)18-16-15(11)22-17(20-16)19-14(21)9-8-13-6-4-3-5-7-13/h10,13H,3-9H2,1-2H3,(H,18,19,20,21). The Hall–Kier alpha value is -1.49. The van der Waals surface area contributed by atoms with Crippen LogP contribution in [-0.2, 0) is 4.79 Å². The van der Waals surface area contributed by atoms with Crippen LogP contribution in [0.1, 0.15) is 56.2 Å². The van der Waals surface area contributed by atoms with E-state index >= 15 is 0 Å². The Morgan fingerprint density at radius 1 is 1.27 bits per heavy atom. The van der Waals surface area contributed by atoms with Gasteiger partial charge in [-0.25, -0.2) is 4.98 Å². The van der Waals surface area contributed by atoms with Crippen molar-refractivity contribution in [2.24, 2.45) is 5.92 Å². The van der Waals surface area contributed by atoms with Gasteiger partial charge in [-0.05, 0) is 37.8 Å². The van der Waals surface area contributed by atoms with Crippen LogP contribution >= 0.6 is 11.3 Å². The normalized spacial score (nSPS) is 16.1. The second-order valence-corrected chi connectivity index (χ2v) is 7.34. The molecule has 0 radical (unpaired) electrons. The fourth-order valence-corrected chi connectivity index (χ4v) is 4.16. The minimum atomic E-state index is 0.0824. The van der Waals surface area contributed by atoms with Crippen LogP contribution in [0.4, 0.5) is 5.13 Å². The quantitative estimate of drug-likeness (QED) is 0.896. The third-order valence-electron chi connectivity index (χ3n) is 4.43. The van der Waals surface area contributed by atoms with E-state index in [2.05, 4.69) is 28.3 Å². The van der Waals surface area contributed by atoms with Crippen LogP contribution in [0.15, 0.2) is 6.07 Å². The van der Waals surface area contributed by atoms with Crippen LogP contribution in [0.5, 0.6) is 0 Å². The lowest BCUT2D eigenvalue weighted by molar-refractivity contribution is -0.116. The number of fused-ring (bicyclic) bond motifs is 1. The van der Waals surface area contributed by atoms with Crippen molar-refractivity contribution in [1.82, 2.24) is 9.97 Å². The lowest BCUT2D eigenvalue weighted by atomic mass is 9.86. The van der Waals surface area contributed by atoms with Crippen LogP contribution < -0.4 is 5.32 Å². The first-order valence-corrected chi connectivity index (χ1v) is 8.98. The lowest BCUT2D eigenvalue weighted by Gasteiger charge is -2.20. The Labute approximate surface area is 135 Å². The maximum atomic E-state index is 12.1. The number of hydrogen-bond donors (Lipinski definition) is 1. The molecule has 1 aliphatic carbocycles. The first kappa shape index (κ1) is 15.4. The first-order valence-electron chi connectivity index (χ1n) is 8.16. The number of carbonyl (C=O) groups excluding carboxylic acids is 1. The third kappa shape index (κ3) is 3.64. The zero-order chi connectivity index (χ0) is 15.5. The fourth-order valence-electron chi connectivity index (χ4n) is 3.27. The van der Waals surface area contributed by atoms with Gasteiger partial charge in [0, 0.05) is 12.1 Å². The van der Waals surface area contributed by atoms with E-state index in [0.717, 1.165) is 28.4 Å². The lowest BCUT2D eigenvalue weighted by Crippen LogP contribution is -2.14. The zero-order valence-corrected chi connectivity index (χ0v) is 14.1. The van der Waals surface area contributed by atoms with Gasteiger partial charge < -0.3 is 5.32 Å². The Balaban J connectivity index is 1.60. The van der Waals surface area contributed by atoms with Gasteiger partial charge in [-0.15, -0.1) is 0 Å². The van der Waals surface area contributed by atoms with Crippen molar-refractivity contribution in [3.8, 4) is 0 Å². The van der Waals surface area contributed by atoms with Crippen molar-refractivity contribution in [1.29, 1.82) is 0 Å². The number of hydrogen-bond acceptors (Lipinski definition) is 4. The van der Waals surface area contributed by atoms with Crippen LogP contribution in [0, 0.1) is 19.8 Å². The molecule has 4 nitrogen and oxygen atoms in total. The average molecular weight is 317 g/mol. The van der Waals surface area contributed by atoms with Gasteiger partial charge in [0.15, 0.2) is 10.8 Å². The molecule has 2 aromatic rings. The summed E-state index contributed by atoms with van der Waals surface area (Å²) in [5.74, 6) is 0.820. The number of aromatic nitrogens is 2. The van der Waals surface area contributed by atoms with Crippen molar-refractivity contribution in [2.45, 2.75) is 58.8 Å². The van der Waals surface area contributed by atoms with Gasteiger partial charge in [0.2, 0.25) is 5.91 Å². The summed E-state index contributed by atoms with van der Waals surface area (Å²) in [6, 6.07) is 2.05. The van der Waals surface area contributed by atoms with Crippen LogP contribution in [-0.4, -0.2) is 15.9 Å². The number of pyridine rings is 1. The summed E-state index contributed by atoms with van der Waals surface area (Å²) in [7, 11) is 0. The molecule has 118 valence electrons. The number of aryl methyl sites for hydroxylation is 2. The Kier molecular flexibility index (Phi) is 4.71. The van der Waals surface area contributed by atoms with Gasteiger partial charge in [-0.3, -0.25) is 4.79 Å². The summed E-state index contributed by atoms with van der Waals surface area (Å²) >= 11 is 1.52. The molecule has 1 amide bonds. The maximum Gasteiger partial charge on any atom is 0.226 e. The molecule has 0 bridgehead atoms. The number of nitrogens with zero attached hydrogens (tertiary/aromatic N) is 2. The molecule has 0 spiro atoms. The number of nitrogens with one attached hydrogen (secondary N) is 1. The predicted molar refractivity (Wildman–Crippen MR) is 91.3 cm³/mol. The highest BCUT2D eigenvalue weighted by Gasteiger charge is 2.16. The van der Waals surface area contributed by atoms with Crippen molar-refractivity contribution in [2.75, 3.05) is 5.32 Å². The summed E-state index contributed by atoms with van der Waals surface area (Å²) in [5.41, 5.74) is 2.87. The van der Waals surface area contributed by atoms with Gasteiger partial charge in [-0.2, -0.15) is 4.98 Å². The smallest absolute Gasteiger partial charge is 0.226 e. The molecule has 2 heterocycles.